The molecule has 2 aromatic heterocycles. The van der Waals surface area contributed by atoms with Gasteiger partial charge in [-0.2, -0.15) is 23.1 Å². The van der Waals surface area contributed by atoms with Gasteiger partial charge in [-0.05, 0) is 68.0 Å². The molecule has 5 heterocycles. The highest BCUT2D eigenvalue weighted by Gasteiger charge is 2.47. The molecule has 292 valence electrons. The fourth-order valence-electron chi connectivity index (χ4n) is 8.41. The fourth-order valence-corrected chi connectivity index (χ4v) is 8.41. The Morgan fingerprint density at radius 3 is 2.36 bits per heavy atom. The number of ether oxygens (including phenoxy) is 1. The lowest BCUT2D eigenvalue weighted by Crippen LogP contribution is -2.59. The summed E-state index contributed by atoms with van der Waals surface area (Å²) in [7, 11) is 0. The number of anilines is 1. The zero-order chi connectivity index (χ0) is 39.5. The largest absolute Gasteiger partial charge is 0.508 e. The molecule has 1 saturated carbocycles. The summed E-state index contributed by atoms with van der Waals surface area (Å²) < 4.78 is 91.2. The van der Waals surface area contributed by atoms with Crippen molar-refractivity contribution in [1.29, 1.82) is 0 Å². The minimum atomic E-state index is -4.58. The molecule has 4 aromatic rings. The van der Waals surface area contributed by atoms with Crippen LogP contribution >= 0.6 is 0 Å². The number of likely N-dealkylation sites (tertiary alicyclic amines) is 1. The number of urea groups is 1. The number of carbonyl (C=O) groups is 1. The van der Waals surface area contributed by atoms with Gasteiger partial charge in [0, 0.05) is 49.1 Å². The number of nitrogens with one attached hydrogen (secondary N) is 1. The average Bonchev–Trinajstić information content (AvgIpc) is 3.88. The van der Waals surface area contributed by atoms with Crippen molar-refractivity contribution < 1.29 is 41.0 Å². The number of terminal acetylenes is 2. The van der Waals surface area contributed by atoms with Crippen LogP contribution in [0.5, 0.6) is 11.8 Å². The monoisotopic (exact) mass is 777 g/mol. The van der Waals surface area contributed by atoms with Crippen LogP contribution < -0.4 is 15.0 Å². The normalized spacial score (nSPS) is 20.9. The molecule has 10 nitrogen and oxygen atoms in total. The number of aromatic nitrogens is 3. The summed E-state index contributed by atoms with van der Waals surface area (Å²) in [6.45, 7) is 0.928. The van der Waals surface area contributed by atoms with Gasteiger partial charge in [0.05, 0.1) is 29.6 Å². The van der Waals surface area contributed by atoms with Crippen LogP contribution in [0.3, 0.4) is 0 Å². The molecular weight excluding hydrogens is 740 g/mol. The number of piperidine rings is 1. The van der Waals surface area contributed by atoms with E-state index >= 15 is 8.78 Å². The molecule has 2 unspecified atom stereocenters. The highest BCUT2D eigenvalue weighted by molar-refractivity contribution is 6.04. The maximum atomic E-state index is 17.2. The van der Waals surface area contributed by atoms with Crippen LogP contribution in [0.25, 0.3) is 32.9 Å². The van der Waals surface area contributed by atoms with E-state index in [4.69, 9.17) is 22.6 Å². The Bertz CT molecular complexity index is 2300. The Kier molecular flexibility index (Phi) is 9.51. The number of fused-ring (bicyclic) bond motifs is 4. The number of carbonyl (C=O) groups excluding carboxylic acids is 1. The first-order valence-electron chi connectivity index (χ1n) is 18.4. The van der Waals surface area contributed by atoms with Crippen LogP contribution in [0.2, 0.25) is 0 Å². The van der Waals surface area contributed by atoms with Gasteiger partial charge in [-0.25, -0.2) is 22.9 Å². The van der Waals surface area contributed by atoms with Crippen molar-refractivity contribution in [2.24, 2.45) is 5.41 Å². The number of amides is 2. The van der Waals surface area contributed by atoms with E-state index in [0.29, 0.717) is 50.7 Å². The first-order chi connectivity index (χ1) is 26.8. The molecule has 16 heteroatoms. The van der Waals surface area contributed by atoms with Crippen LogP contribution in [0.1, 0.15) is 49.8 Å². The SMILES string of the molecule is C#Cc1c(F)ccc2cc(O)cc(-c3nc(C#C)c4c(N5CC6CCC(C5)N6C(=O)NCC(F)(F)F)nc(OCC5(CN6CCC(F)CC6)CC5)nc4c3F)c12. The van der Waals surface area contributed by atoms with Crippen LogP contribution in [0.4, 0.5) is 37.0 Å². The van der Waals surface area contributed by atoms with E-state index < -0.39 is 48.6 Å². The van der Waals surface area contributed by atoms with Gasteiger partial charge in [-0.1, -0.05) is 12.0 Å². The Labute approximate surface area is 318 Å². The standard InChI is InChI=1S/C40H37F6N7O3/c1-3-27-29(42)8-5-22-15-26(54)16-28(31(22)27)34-33(43)35-32(30(4-2)48-34)36(52-17-24-6-7-25(18-52)53(24)38(55)47-19-40(44,45)46)50-37(49-35)56-21-39(11-12-39)20-51-13-9-23(41)10-14-51/h1-2,5,8,15-16,23-25,54H,6-7,9-14,17-21H2,(H,47,55). The number of pyridine rings is 1. The molecule has 2 aromatic carbocycles. The number of alkyl halides is 4. The topological polar surface area (TPSA) is 107 Å². The number of rotatable bonds is 8. The number of hydrogen-bond donors (Lipinski definition) is 2. The summed E-state index contributed by atoms with van der Waals surface area (Å²) in [5.41, 5.74) is -1.15. The van der Waals surface area contributed by atoms with E-state index in [2.05, 4.69) is 26.7 Å². The number of piperazine rings is 1. The molecule has 4 fully saturated rings. The Hall–Kier alpha value is -5.48. The quantitative estimate of drug-likeness (QED) is 0.159. The van der Waals surface area contributed by atoms with Gasteiger partial charge in [0.15, 0.2) is 5.82 Å². The van der Waals surface area contributed by atoms with E-state index in [9.17, 15) is 27.5 Å². The molecule has 3 aliphatic heterocycles. The van der Waals surface area contributed by atoms with Crippen molar-refractivity contribution in [3.63, 3.8) is 0 Å². The van der Waals surface area contributed by atoms with Crippen LogP contribution in [0.15, 0.2) is 24.3 Å². The number of phenolic OH excluding ortho intramolecular Hbond substituents is 1. The summed E-state index contributed by atoms with van der Waals surface area (Å²) in [4.78, 5) is 32.1. The second-order valence-corrected chi connectivity index (χ2v) is 15.2. The predicted molar refractivity (Wildman–Crippen MR) is 196 cm³/mol. The molecule has 1 aliphatic carbocycles. The van der Waals surface area contributed by atoms with Gasteiger partial charge < -0.3 is 29.9 Å². The zero-order valence-corrected chi connectivity index (χ0v) is 30.1. The summed E-state index contributed by atoms with van der Waals surface area (Å²) in [5.74, 6) is 2.99. The van der Waals surface area contributed by atoms with Crippen molar-refractivity contribution in [2.75, 3.05) is 50.8 Å². The van der Waals surface area contributed by atoms with E-state index in [1.165, 1.54) is 23.1 Å². The molecule has 2 atom stereocenters. The average molecular weight is 778 g/mol. The maximum Gasteiger partial charge on any atom is 0.405 e. The molecule has 56 heavy (non-hydrogen) atoms. The van der Waals surface area contributed by atoms with Crippen molar-refractivity contribution in [3.8, 4) is 47.7 Å². The van der Waals surface area contributed by atoms with Gasteiger partial charge in [-0.3, -0.25) is 0 Å². The van der Waals surface area contributed by atoms with Gasteiger partial charge in [0.25, 0.3) is 0 Å². The highest BCUT2D eigenvalue weighted by Crippen LogP contribution is 2.47. The van der Waals surface area contributed by atoms with Gasteiger partial charge in [-0.15, -0.1) is 12.8 Å². The maximum absolute atomic E-state index is 17.2. The first-order valence-corrected chi connectivity index (χ1v) is 18.4. The summed E-state index contributed by atoms with van der Waals surface area (Å²) in [5, 5.41) is 13.1. The number of aromatic hydroxyl groups is 1. The lowest BCUT2D eigenvalue weighted by Gasteiger charge is -2.41. The van der Waals surface area contributed by atoms with E-state index in [1.54, 1.807) is 4.90 Å². The molecule has 3 saturated heterocycles. The second-order valence-electron chi connectivity index (χ2n) is 15.2. The highest BCUT2D eigenvalue weighted by atomic mass is 19.4. The fraction of sp³-hybridized carbons (Fsp3) is 0.450. The van der Waals surface area contributed by atoms with Crippen LogP contribution in [-0.2, 0) is 0 Å². The number of halogens is 6. The molecule has 0 spiro atoms. The van der Waals surface area contributed by atoms with Crippen LogP contribution in [0, 0.1) is 41.7 Å². The minimum Gasteiger partial charge on any atom is -0.508 e. The molecule has 2 amide bonds. The Morgan fingerprint density at radius 2 is 1.71 bits per heavy atom. The smallest absolute Gasteiger partial charge is 0.405 e. The number of hydrogen-bond acceptors (Lipinski definition) is 8. The van der Waals surface area contributed by atoms with E-state index in [0.717, 1.165) is 18.9 Å². The second kappa shape index (κ2) is 14.2. The van der Waals surface area contributed by atoms with Gasteiger partial charge >= 0.3 is 18.2 Å². The molecule has 0 radical (unpaired) electrons. The third-order valence-electron chi connectivity index (χ3n) is 11.3. The summed E-state index contributed by atoms with van der Waals surface area (Å²) in [6.07, 6.45) is 9.98. The van der Waals surface area contributed by atoms with Crippen molar-refractivity contribution in [1.82, 2.24) is 30.1 Å². The van der Waals surface area contributed by atoms with Gasteiger partial charge in [0.2, 0.25) is 0 Å². The van der Waals surface area contributed by atoms with Crippen molar-refractivity contribution in [2.45, 2.75) is 63.0 Å². The molecule has 4 aliphatic rings. The summed E-state index contributed by atoms with van der Waals surface area (Å²) in [6, 6.07) is 3.10. The number of benzene rings is 2. The molecular formula is C40H37F6N7O3. The number of nitrogens with zero attached hydrogens (tertiary/aromatic N) is 6. The zero-order valence-electron chi connectivity index (χ0n) is 30.1. The summed E-state index contributed by atoms with van der Waals surface area (Å²) >= 11 is 0. The predicted octanol–water partition coefficient (Wildman–Crippen LogP) is 6.31. The van der Waals surface area contributed by atoms with E-state index in [1.807, 2.05) is 5.32 Å². The third-order valence-corrected chi connectivity index (χ3v) is 11.3. The third kappa shape index (κ3) is 7.07. The molecule has 2 N–H and O–H groups in total. The van der Waals surface area contributed by atoms with Crippen LogP contribution in [-0.4, -0.2) is 106 Å². The number of phenols is 1. The first kappa shape index (κ1) is 37.4. The Morgan fingerprint density at radius 1 is 1.00 bits per heavy atom. The van der Waals surface area contributed by atoms with Crippen molar-refractivity contribution in [3.05, 3.63) is 47.2 Å². The van der Waals surface area contributed by atoms with E-state index in [-0.39, 0.29) is 81.5 Å². The van der Waals surface area contributed by atoms with Crippen molar-refractivity contribution >= 4 is 33.5 Å². The lowest BCUT2D eigenvalue weighted by atomic mass is 9.95. The molecule has 8 rings (SSSR count). The Balaban J connectivity index is 1.21. The minimum absolute atomic E-state index is 0.0310. The molecule has 2 bridgehead atoms. The van der Waals surface area contributed by atoms with Gasteiger partial charge in [0.1, 0.15) is 47.0 Å². The lowest BCUT2D eigenvalue weighted by molar-refractivity contribution is -0.123.